The molecular formula is C9H9Cl2FN2S. The van der Waals surface area contributed by atoms with Crippen LogP contribution in [-0.4, -0.2) is 15.2 Å². The van der Waals surface area contributed by atoms with Crippen molar-refractivity contribution in [1.29, 1.82) is 0 Å². The Hall–Kier alpha value is -0.0600. The summed E-state index contributed by atoms with van der Waals surface area (Å²) < 4.78 is 13.0. The normalized spacial score (nSPS) is 17.3. The molecule has 0 aliphatic heterocycles. The van der Waals surface area contributed by atoms with Crippen molar-refractivity contribution in [3.8, 4) is 0 Å². The fourth-order valence-corrected chi connectivity index (χ4v) is 3.23. The van der Waals surface area contributed by atoms with E-state index in [1.165, 1.54) is 24.6 Å². The molecule has 0 saturated heterocycles. The number of hydrogen-bond acceptors (Lipinski definition) is 3. The fraction of sp³-hybridized carbons (Fsp3) is 0.556. The van der Waals surface area contributed by atoms with Gasteiger partial charge in [-0.1, -0.05) is 47.8 Å². The van der Waals surface area contributed by atoms with Crippen LogP contribution >= 0.6 is 35.0 Å². The largest absolute Gasteiger partial charge is 0.207 e. The zero-order valence-corrected chi connectivity index (χ0v) is 10.2. The van der Waals surface area contributed by atoms with Gasteiger partial charge in [-0.2, -0.15) is 0 Å². The molecule has 0 unspecified atom stereocenters. The van der Waals surface area contributed by atoms with Crippen LogP contribution < -0.4 is 0 Å². The van der Waals surface area contributed by atoms with Crippen molar-refractivity contribution >= 4 is 35.0 Å². The highest BCUT2D eigenvalue weighted by atomic mass is 35.5. The van der Waals surface area contributed by atoms with Gasteiger partial charge < -0.3 is 0 Å². The van der Waals surface area contributed by atoms with Gasteiger partial charge in [0, 0.05) is 5.25 Å². The zero-order valence-electron chi connectivity index (χ0n) is 7.84. The van der Waals surface area contributed by atoms with E-state index in [0.717, 1.165) is 12.8 Å². The van der Waals surface area contributed by atoms with Gasteiger partial charge in [-0.3, -0.25) is 0 Å². The molecule has 2 nitrogen and oxygen atoms in total. The number of halogens is 3. The molecule has 1 aliphatic carbocycles. The molecule has 1 saturated carbocycles. The number of thioether (sulfide) groups is 1. The molecule has 1 aromatic heterocycles. The minimum atomic E-state index is -0.742. The minimum Gasteiger partial charge on any atom is -0.207 e. The van der Waals surface area contributed by atoms with E-state index in [1.54, 1.807) is 0 Å². The third-order valence-electron chi connectivity index (χ3n) is 2.32. The highest BCUT2D eigenvalue weighted by molar-refractivity contribution is 7.99. The van der Waals surface area contributed by atoms with E-state index in [2.05, 4.69) is 9.97 Å². The zero-order chi connectivity index (χ0) is 10.8. The van der Waals surface area contributed by atoms with Crippen LogP contribution in [0.25, 0.3) is 0 Å². The van der Waals surface area contributed by atoms with Gasteiger partial charge in [-0.25, -0.2) is 14.4 Å². The molecule has 82 valence electrons. The first kappa shape index (κ1) is 11.4. The second kappa shape index (κ2) is 4.85. The molecule has 0 bridgehead atoms. The number of aromatic nitrogens is 2. The Morgan fingerprint density at radius 1 is 1.13 bits per heavy atom. The second-order valence-electron chi connectivity index (χ2n) is 3.43. The Labute approximate surface area is 102 Å². The van der Waals surface area contributed by atoms with Gasteiger partial charge in [-0.05, 0) is 12.8 Å². The van der Waals surface area contributed by atoms with Crippen molar-refractivity contribution in [2.45, 2.75) is 36.1 Å². The van der Waals surface area contributed by atoms with Crippen LogP contribution in [0.4, 0.5) is 4.39 Å². The molecule has 1 heterocycles. The molecule has 1 aromatic rings. The molecule has 0 amide bonds. The average Bonchev–Trinajstić information content (AvgIpc) is 2.66. The summed E-state index contributed by atoms with van der Waals surface area (Å²) in [7, 11) is 0. The number of nitrogens with zero attached hydrogens (tertiary/aromatic N) is 2. The van der Waals surface area contributed by atoms with Crippen molar-refractivity contribution in [2.75, 3.05) is 0 Å². The Kier molecular flexibility index (Phi) is 3.69. The van der Waals surface area contributed by atoms with Gasteiger partial charge in [0.2, 0.25) is 0 Å². The van der Waals surface area contributed by atoms with Crippen molar-refractivity contribution in [2.24, 2.45) is 0 Å². The van der Waals surface area contributed by atoms with E-state index < -0.39 is 5.82 Å². The Morgan fingerprint density at radius 2 is 1.67 bits per heavy atom. The average molecular weight is 267 g/mol. The maximum absolute atomic E-state index is 13.0. The molecule has 1 fully saturated rings. The van der Waals surface area contributed by atoms with E-state index in [9.17, 15) is 4.39 Å². The molecule has 0 N–H and O–H groups in total. The smallest absolute Gasteiger partial charge is 0.197 e. The summed E-state index contributed by atoms with van der Waals surface area (Å²) >= 11 is 12.7. The van der Waals surface area contributed by atoms with Crippen molar-refractivity contribution in [1.82, 2.24) is 9.97 Å². The van der Waals surface area contributed by atoms with Crippen LogP contribution in [0.1, 0.15) is 25.7 Å². The molecule has 0 atom stereocenters. The van der Waals surface area contributed by atoms with Crippen LogP contribution in [0.15, 0.2) is 5.16 Å². The fourth-order valence-electron chi connectivity index (χ4n) is 1.58. The van der Waals surface area contributed by atoms with Crippen LogP contribution in [0.2, 0.25) is 10.3 Å². The van der Waals surface area contributed by atoms with Gasteiger partial charge in [0.15, 0.2) is 21.3 Å². The van der Waals surface area contributed by atoms with E-state index in [4.69, 9.17) is 23.2 Å². The lowest BCUT2D eigenvalue weighted by Crippen LogP contribution is -1.99. The van der Waals surface area contributed by atoms with E-state index in [1.807, 2.05) is 0 Å². The highest BCUT2D eigenvalue weighted by Crippen LogP contribution is 2.34. The van der Waals surface area contributed by atoms with E-state index in [0.29, 0.717) is 10.4 Å². The summed E-state index contributed by atoms with van der Waals surface area (Å²) in [6.45, 7) is 0. The summed E-state index contributed by atoms with van der Waals surface area (Å²) in [4.78, 5) is 7.71. The topological polar surface area (TPSA) is 25.8 Å². The maximum Gasteiger partial charge on any atom is 0.197 e. The van der Waals surface area contributed by atoms with Crippen LogP contribution in [0.5, 0.6) is 0 Å². The summed E-state index contributed by atoms with van der Waals surface area (Å²) in [6, 6.07) is 0. The molecule has 15 heavy (non-hydrogen) atoms. The molecule has 0 radical (unpaired) electrons. The van der Waals surface area contributed by atoms with Gasteiger partial charge in [0.1, 0.15) is 0 Å². The lowest BCUT2D eigenvalue weighted by atomic mass is 10.4. The Morgan fingerprint density at radius 3 is 2.20 bits per heavy atom. The summed E-state index contributed by atoms with van der Waals surface area (Å²) in [5.41, 5.74) is 0. The lowest BCUT2D eigenvalue weighted by Gasteiger charge is -2.07. The van der Waals surface area contributed by atoms with Crippen LogP contribution in [-0.2, 0) is 0 Å². The predicted molar refractivity (Wildman–Crippen MR) is 60.1 cm³/mol. The predicted octanol–water partition coefficient (Wildman–Crippen LogP) is 3.96. The monoisotopic (exact) mass is 266 g/mol. The standard InChI is InChI=1S/C9H9Cl2FN2S/c10-7-6(12)8(11)14-9(13-7)15-5-3-1-2-4-5/h5H,1-4H2. The van der Waals surface area contributed by atoms with Crippen molar-refractivity contribution in [3.63, 3.8) is 0 Å². The quantitative estimate of drug-likeness (QED) is 0.599. The Balaban J connectivity index is 2.14. The van der Waals surface area contributed by atoms with Gasteiger partial charge in [0.25, 0.3) is 0 Å². The summed E-state index contributed by atoms with van der Waals surface area (Å²) in [5.74, 6) is -0.742. The lowest BCUT2D eigenvalue weighted by molar-refractivity contribution is 0.606. The first-order chi connectivity index (χ1) is 7.16. The van der Waals surface area contributed by atoms with Crippen molar-refractivity contribution < 1.29 is 4.39 Å². The SMILES string of the molecule is Fc1c(Cl)nc(SC2CCCC2)nc1Cl. The van der Waals surface area contributed by atoms with Gasteiger partial charge >= 0.3 is 0 Å². The van der Waals surface area contributed by atoms with Crippen LogP contribution in [0, 0.1) is 5.82 Å². The summed E-state index contributed by atoms with van der Waals surface area (Å²) in [5, 5.41) is 0.590. The Bertz CT molecular complexity index is 346. The van der Waals surface area contributed by atoms with Gasteiger partial charge in [0.05, 0.1) is 0 Å². The number of hydrogen-bond donors (Lipinski definition) is 0. The first-order valence-corrected chi connectivity index (χ1v) is 6.35. The maximum atomic E-state index is 13.0. The van der Waals surface area contributed by atoms with E-state index in [-0.39, 0.29) is 10.3 Å². The third-order valence-corrected chi connectivity index (χ3v) is 4.02. The molecule has 6 heteroatoms. The minimum absolute atomic E-state index is 0.199. The van der Waals surface area contributed by atoms with Crippen molar-refractivity contribution in [3.05, 3.63) is 16.1 Å². The molecule has 2 rings (SSSR count). The van der Waals surface area contributed by atoms with Gasteiger partial charge in [-0.15, -0.1) is 0 Å². The van der Waals surface area contributed by atoms with Crippen LogP contribution in [0.3, 0.4) is 0 Å². The highest BCUT2D eigenvalue weighted by Gasteiger charge is 2.19. The third kappa shape index (κ3) is 2.74. The second-order valence-corrected chi connectivity index (χ2v) is 5.41. The first-order valence-electron chi connectivity index (χ1n) is 4.72. The molecular weight excluding hydrogens is 258 g/mol. The van der Waals surface area contributed by atoms with E-state index >= 15 is 0 Å². The molecule has 1 aliphatic rings. The molecule has 0 aromatic carbocycles. The summed E-state index contributed by atoms with van der Waals surface area (Å²) in [6.07, 6.45) is 4.78. The number of rotatable bonds is 2. The molecule has 0 spiro atoms.